The van der Waals surface area contributed by atoms with E-state index < -0.39 is 5.56 Å². The number of nitrogens with zero attached hydrogens (tertiary/aromatic N) is 4. The van der Waals surface area contributed by atoms with Gasteiger partial charge >= 0.3 is 0 Å². The van der Waals surface area contributed by atoms with Gasteiger partial charge in [0.2, 0.25) is 5.88 Å². The largest absolute Gasteiger partial charge is 0.493 e. The molecule has 0 atom stereocenters. The van der Waals surface area contributed by atoms with Gasteiger partial charge in [-0.15, -0.1) is 5.11 Å². The summed E-state index contributed by atoms with van der Waals surface area (Å²) in [7, 11) is 1.35. The lowest BCUT2D eigenvalue weighted by molar-refractivity contribution is 0.103. The zero-order valence-electron chi connectivity index (χ0n) is 17.1. The number of azo groups is 1. The fraction of sp³-hybridized carbons (Fsp3) is 0.174. The van der Waals surface area contributed by atoms with E-state index in [4.69, 9.17) is 0 Å². The number of aromatic nitrogens is 1. The van der Waals surface area contributed by atoms with Crippen molar-refractivity contribution in [2.45, 2.75) is 20.8 Å². The van der Waals surface area contributed by atoms with Gasteiger partial charge in [-0.25, -0.2) is 0 Å². The van der Waals surface area contributed by atoms with Crippen LogP contribution >= 0.6 is 0 Å². The number of nitriles is 1. The molecule has 3 aromatic rings. The lowest BCUT2D eigenvalue weighted by Gasteiger charge is -2.08. The predicted octanol–water partition coefficient (Wildman–Crippen LogP) is 4.53. The second kappa shape index (κ2) is 8.13. The van der Waals surface area contributed by atoms with Gasteiger partial charge in [0.15, 0.2) is 11.5 Å². The number of hydrogen-bond donors (Lipinski definition) is 1. The third-order valence-electron chi connectivity index (χ3n) is 4.91. The molecular formula is C23H20N4O3. The molecule has 0 radical (unpaired) electrons. The average molecular weight is 400 g/mol. The number of aromatic hydroxyl groups is 1. The van der Waals surface area contributed by atoms with Crippen molar-refractivity contribution in [3.63, 3.8) is 0 Å². The van der Waals surface area contributed by atoms with Crippen molar-refractivity contribution in [1.82, 2.24) is 4.57 Å². The first-order chi connectivity index (χ1) is 14.2. The quantitative estimate of drug-likeness (QED) is 0.512. The van der Waals surface area contributed by atoms with Gasteiger partial charge in [-0.3, -0.25) is 14.2 Å². The van der Waals surface area contributed by atoms with Crippen LogP contribution in [0.25, 0.3) is 0 Å². The summed E-state index contributed by atoms with van der Waals surface area (Å²) >= 11 is 0. The van der Waals surface area contributed by atoms with Gasteiger partial charge in [-0.1, -0.05) is 23.8 Å². The van der Waals surface area contributed by atoms with E-state index in [1.807, 2.05) is 38.1 Å². The van der Waals surface area contributed by atoms with Crippen molar-refractivity contribution in [2.24, 2.45) is 17.3 Å². The summed E-state index contributed by atoms with van der Waals surface area (Å²) in [4.78, 5) is 24.8. The van der Waals surface area contributed by atoms with E-state index >= 15 is 0 Å². The standard InChI is InChI=1S/C23H20N4O3/c1-13-5-10-18(14(2)11-13)21(28)16-6-8-17(9-7-16)25-26-20-15(3)19(12-24)22(29)27(4)23(20)30/h5-11,30H,1-4H3/b26-25+. The molecule has 0 saturated heterocycles. The number of ketones is 1. The number of aryl methyl sites for hydroxylation is 2. The van der Waals surface area contributed by atoms with Crippen molar-refractivity contribution in [2.75, 3.05) is 0 Å². The Labute approximate surface area is 173 Å². The van der Waals surface area contributed by atoms with Gasteiger partial charge in [0.1, 0.15) is 11.6 Å². The second-order valence-electron chi connectivity index (χ2n) is 7.04. The number of hydrogen-bond acceptors (Lipinski definition) is 6. The Bertz CT molecular complexity index is 1280. The Morgan fingerprint density at radius 2 is 1.73 bits per heavy atom. The van der Waals surface area contributed by atoms with Crippen molar-refractivity contribution < 1.29 is 9.90 Å². The summed E-state index contributed by atoms with van der Waals surface area (Å²) in [5.74, 6) is -0.455. The first-order valence-electron chi connectivity index (χ1n) is 9.21. The molecule has 0 saturated carbocycles. The number of benzene rings is 2. The lowest BCUT2D eigenvalue weighted by Crippen LogP contribution is -2.20. The van der Waals surface area contributed by atoms with E-state index in [0.717, 1.165) is 15.7 Å². The van der Waals surface area contributed by atoms with E-state index in [-0.39, 0.29) is 28.5 Å². The summed E-state index contributed by atoms with van der Waals surface area (Å²) in [6, 6.07) is 14.1. The molecule has 2 aromatic carbocycles. The van der Waals surface area contributed by atoms with E-state index in [0.29, 0.717) is 16.8 Å². The van der Waals surface area contributed by atoms with Gasteiger partial charge in [0.25, 0.3) is 5.56 Å². The van der Waals surface area contributed by atoms with Gasteiger partial charge in [-0.05, 0) is 50.6 Å². The van der Waals surface area contributed by atoms with Gasteiger partial charge in [-0.2, -0.15) is 10.4 Å². The van der Waals surface area contributed by atoms with E-state index in [1.54, 1.807) is 24.3 Å². The number of carbonyl (C=O) groups is 1. The minimum absolute atomic E-state index is 0.0454. The van der Waals surface area contributed by atoms with E-state index in [1.165, 1.54) is 14.0 Å². The smallest absolute Gasteiger partial charge is 0.271 e. The minimum atomic E-state index is -0.597. The first-order valence-corrected chi connectivity index (χ1v) is 9.21. The molecular weight excluding hydrogens is 380 g/mol. The molecule has 1 N–H and O–H groups in total. The van der Waals surface area contributed by atoms with Crippen LogP contribution in [0, 0.1) is 32.1 Å². The first kappa shape index (κ1) is 20.7. The van der Waals surface area contributed by atoms with Crippen LogP contribution in [0.3, 0.4) is 0 Å². The fourth-order valence-electron chi connectivity index (χ4n) is 3.13. The molecule has 1 heterocycles. The summed E-state index contributed by atoms with van der Waals surface area (Å²) in [6.45, 7) is 5.41. The SMILES string of the molecule is Cc1ccc(C(=O)c2ccc(/N=N/c3c(C)c(C#N)c(=O)n(C)c3O)cc2)c(C)c1. The monoisotopic (exact) mass is 400 g/mol. The molecule has 7 nitrogen and oxygen atoms in total. The van der Waals surface area contributed by atoms with Crippen LogP contribution < -0.4 is 5.56 Å². The lowest BCUT2D eigenvalue weighted by atomic mass is 9.97. The summed E-state index contributed by atoms with van der Waals surface area (Å²) < 4.78 is 0.950. The molecule has 0 aliphatic carbocycles. The topological polar surface area (TPSA) is 108 Å². The number of pyridine rings is 1. The highest BCUT2D eigenvalue weighted by Crippen LogP contribution is 2.31. The molecule has 0 amide bonds. The highest BCUT2D eigenvalue weighted by molar-refractivity contribution is 6.10. The third-order valence-corrected chi connectivity index (χ3v) is 4.91. The molecule has 0 bridgehead atoms. The zero-order valence-corrected chi connectivity index (χ0v) is 17.1. The summed E-state index contributed by atoms with van der Waals surface area (Å²) in [5, 5.41) is 27.5. The van der Waals surface area contributed by atoms with Crippen molar-refractivity contribution in [3.8, 4) is 11.9 Å². The van der Waals surface area contributed by atoms with Crippen LogP contribution in [0.5, 0.6) is 5.88 Å². The van der Waals surface area contributed by atoms with Crippen LogP contribution in [0.15, 0.2) is 57.5 Å². The van der Waals surface area contributed by atoms with Crippen LogP contribution in [-0.2, 0) is 7.05 Å². The van der Waals surface area contributed by atoms with E-state index in [2.05, 4.69) is 10.2 Å². The molecule has 0 aliphatic rings. The van der Waals surface area contributed by atoms with Crippen molar-refractivity contribution in [1.29, 1.82) is 5.26 Å². The number of rotatable bonds is 4. The molecule has 0 spiro atoms. The predicted molar refractivity (Wildman–Crippen MR) is 113 cm³/mol. The van der Waals surface area contributed by atoms with Crippen LogP contribution in [-0.4, -0.2) is 15.5 Å². The summed E-state index contributed by atoms with van der Waals surface area (Å²) in [5.41, 5.74) is 3.23. The van der Waals surface area contributed by atoms with Crippen LogP contribution in [0.2, 0.25) is 0 Å². The molecule has 150 valence electrons. The van der Waals surface area contributed by atoms with Crippen molar-refractivity contribution in [3.05, 3.63) is 86.2 Å². The Hall–Kier alpha value is -4.05. The average Bonchev–Trinajstić information content (AvgIpc) is 2.72. The fourth-order valence-corrected chi connectivity index (χ4v) is 3.13. The number of carbonyl (C=O) groups excluding carboxylic acids is 1. The van der Waals surface area contributed by atoms with Crippen LogP contribution in [0.1, 0.15) is 38.2 Å². The molecule has 0 fully saturated rings. The Morgan fingerprint density at radius 3 is 2.33 bits per heavy atom. The molecule has 1 aromatic heterocycles. The summed E-state index contributed by atoms with van der Waals surface area (Å²) in [6.07, 6.45) is 0. The normalized spacial score (nSPS) is 10.9. The molecule has 30 heavy (non-hydrogen) atoms. The molecule has 0 unspecified atom stereocenters. The molecule has 3 rings (SSSR count). The maximum atomic E-state index is 12.7. The third kappa shape index (κ3) is 3.76. The Kier molecular flexibility index (Phi) is 5.61. The Morgan fingerprint density at radius 1 is 1.07 bits per heavy atom. The maximum absolute atomic E-state index is 12.7. The minimum Gasteiger partial charge on any atom is -0.493 e. The van der Waals surface area contributed by atoms with Crippen molar-refractivity contribution >= 4 is 17.2 Å². The zero-order chi connectivity index (χ0) is 22.0. The highest BCUT2D eigenvalue weighted by Gasteiger charge is 2.17. The Balaban J connectivity index is 1.91. The van der Waals surface area contributed by atoms with Gasteiger partial charge in [0.05, 0.1) is 5.69 Å². The second-order valence-corrected chi connectivity index (χ2v) is 7.04. The maximum Gasteiger partial charge on any atom is 0.271 e. The molecule has 0 aliphatic heterocycles. The van der Waals surface area contributed by atoms with Crippen LogP contribution in [0.4, 0.5) is 11.4 Å². The highest BCUT2D eigenvalue weighted by atomic mass is 16.3. The van der Waals surface area contributed by atoms with Gasteiger partial charge in [0, 0.05) is 23.7 Å². The molecule has 7 heteroatoms. The van der Waals surface area contributed by atoms with Gasteiger partial charge < -0.3 is 5.11 Å². The van der Waals surface area contributed by atoms with E-state index in [9.17, 15) is 20.0 Å².